The van der Waals surface area contributed by atoms with Gasteiger partial charge in [0.2, 0.25) is 0 Å². The quantitative estimate of drug-likeness (QED) is 0.446. The summed E-state index contributed by atoms with van der Waals surface area (Å²) in [5.74, 6) is 1.88. The van der Waals surface area contributed by atoms with Crippen molar-refractivity contribution in [2.24, 2.45) is 0 Å². The molecule has 0 unspecified atom stereocenters. The minimum absolute atomic E-state index is 0. The number of benzene rings is 2. The maximum Gasteiger partial charge on any atom is 0.151 e. The van der Waals surface area contributed by atoms with Crippen molar-refractivity contribution in [3.63, 3.8) is 0 Å². The summed E-state index contributed by atoms with van der Waals surface area (Å²) in [6.45, 7) is 17.9. The molecule has 3 aliphatic rings. The van der Waals surface area contributed by atoms with Crippen molar-refractivity contribution >= 4 is 5.69 Å². The Morgan fingerprint density at radius 1 is 0.868 bits per heavy atom. The fourth-order valence-electron chi connectivity index (χ4n) is 5.36. The molecule has 38 heavy (non-hydrogen) atoms. The van der Waals surface area contributed by atoms with E-state index in [4.69, 9.17) is 14.5 Å². The molecule has 0 atom stereocenters. The number of aromatic nitrogens is 2. The summed E-state index contributed by atoms with van der Waals surface area (Å²) < 4.78 is 13.8. The van der Waals surface area contributed by atoms with Crippen LogP contribution in [0, 0.1) is 0 Å². The molecule has 0 radical (unpaired) electrons. The van der Waals surface area contributed by atoms with E-state index in [1.54, 1.807) is 0 Å². The third kappa shape index (κ3) is 6.06. The molecule has 7 nitrogen and oxygen atoms in total. The maximum absolute atomic E-state index is 6.13. The SMILES string of the molecule is C.CC.CC(C)N1CCN(c2ccc(-c3ccc4c(c3)OCc3nc(CN5CCOCC5)cn3-4)cc2)CC1. The van der Waals surface area contributed by atoms with Crippen LogP contribution in [0.2, 0.25) is 0 Å². The number of nitrogens with zero attached hydrogens (tertiary/aromatic N) is 5. The topological polar surface area (TPSA) is 46.0 Å². The van der Waals surface area contributed by atoms with E-state index in [-0.39, 0.29) is 7.43 Å². The molecule has 1 aromatic heterocycles. The van der Waals surface area contributed by atoms with Crippen LogP contribution in [0.3, 0.4) is 0 Å². The molecule has 4 heterocycles. The molecular weight excluding hydrogens is 474 g/mol. The van der Waals surface area contributed by atoms with Gasteiger partial charge in [-0.25, -0.2) is 4.98 Å². The molecular formula is C31H45N5O2. The van der Waals surface area contributed by atoms with Crippen molar-refractivity contribution in [2.45, 2.75) is 54.3 Å². The highest BCUT2D eigenvalue weighted by Gasteiger charge is 2.22. The summed E-state index contributed by atoms with van der Waals surface area (Å²) in [7, 11) is 0. The van der Waals surface area contributed by atoms with E-state index in [0.717, 1.165) is 82.0 Å². The number of anilines is 1. The lowest BCUT2D eigenvalue weighted by Gasteiger charge is -2.38. The van der Waals surface area contributed by atoms with Crippen LogP contribution < -0.4 is 9.64 Å². The van der Waals surface area contributed by atoms with Crippen LogP contribution in [0.15, 0.2) is 48.7 Å². The fourth-order valence-corrected chi connectivity index (χ4v) is 5.36. The number of morpholine rings is 1. The highest BCUT2D eigenvalue weighted by Crippen LogP contribution is 2.35. The lowest BCUT2D eigenvalue weighted by Crippen LogP contribution is -2.48. The zero-order valence-electron chi connectivity index (χ0n) is 22.8. The number of ether oxygens (including phenoxy) is 2. The summed E-state index contributed by atoms with van der Waals surface area (Å²) >= 11 is 0. The van der Waals surface area contributed by atoms with Crippen molar-refractivity contribution < 1.29 is 9.47 Å². The second kappa shape index (κ2) is 12.8. The largest absolute Gasteiger partial charge is 0.483 e. The number of rotatable bonds is 5. The Morgan fingerprint density at radius 2 is 1.55 bits per heavy atom. The first-order valence-corrected chi connectivity index (χ1v) is 13.9. The predicted molar refractivity (Wildman–Crippen MR) is 156 cm³/mol. The van der Waals surface area contributed by atoms with Crippen LogP contribution in [0.25, 0.3) is 16.8 Å². The predicted octanol–water partition coefficient (Wildman–Crippen LogP) is 5.46. The minimum atomic E-state index is 0. The molecule has 0 N–H and O–H groups in total. The summed E-state index contributed by atoms with van der Waals surface area (Å²) in [6.07, 6.45) is 2.17. The first-order chi connectivity index (χ1) is 18.1. The molecule has 0 aliphatic carbocycles. The maximum atomic E-state index is 6.13. The van der Waals surface area contributed by atoms with E-state index in [1.807, 2.05) is 13.8 Å². The summed E-state index contributed by atoms with van der Waals surface area (Å²) in [4.78, 5) is 12.3. The molecule has 0 saturated carbocycles. The third-order valence-corrected chi connectivity index (χ3v) is 7.50. The van der Waals surface area contributed by atoms with Gasteiger partial charge in [0.05, 0.1) is 24.6 Å². The smallest absolute Gasteiger partial charge is 0.151 e. The van der Waals surface area contributed by atoms with E-state index >= 15 is 0 Å². The van der Waals surface area contributed by atoms with Gasteiger partial charge in [-0.1, -0.05) is 39.5 Å². The van der Waals surface area contributed by atoms with Gasteiger partial charge in [0.15, 0.2) is 5.82 Å². The Kier molecular flexibility index (Phi) is 9.47. The normalized spacial score (nSPS) is 17.6. The molecule has 3 aliphatic heterocycles. The Hall–Kier alpha value is -2.87. The molecule has 2 fully saturated rings. The second-order valence-electron chi connectivity index (χ2n) is 10.0. The van der Waals surface area contributed by atoms with Crippen molar-refractivity contribution in [2.75, 3.05) is 57.4 Å². The van der Waals surface area contributed by atoms with Gasteiger partial charge in [0.1, 0.15) is 12.4 Å². The number of fused-ring (bicyclic) bond motifs is 3. The number of hydrogen-bond acceptors (Lipinski definition) is 6. The zero-order valence-corrected chi connectivity index (χ0v) is 22.8. The van der Waals surface area contributed by atoms with E-state index in [2.05, 4.69) is 81.8 Å². The van der Waals surface area contributed by atoms with Crippen molar-refractivity contribution in [1.82, 2.24) is 19.4 Å². The summed E-state index contributed by atoms with van der Waals surface area (Å²) in [6, 6.07) is 16.1. The molecule has 0 spiro atoms. The van der Waals surface area contributed by atoms with Crippen molar-refractivity contribution in [3.8, 4) is 22.6 Å². The van der Waals surface area contributed by atoms with Crippen LogP contribution in [0.4, 0.5) is 5.69 Å². The highest BCUT2D eigenvalue weighted by atomic mass is 16.5. The molecule has 0 bridgehead atoms. The summed E-state index contributed by atoms with van der Waals surface area (Å²) in [5.41, 5.74) is 5.85. The number of imidazole rings is 1. The number of piperazine rings is 1. The van der Waals surface area contributed by atoms with Crippen LogP contribution in [0.1, 0.15) is 46.6 Å². The van der Waals surface area contributed by atoms with Gasteiger partial charge >= 0.3 is 0 Å². The van der Waals surface area contributed by atoms with Gasteiger partial charge < -0.3 is 14.4 Å². The van der Waals surface area contributed by atoms with E-state index in [9.17, 15) is 0 Å². The Labute approximate surface area is 229 Å². The Balaban J connectivity index is 0.00000110. The van der Waals surface area contributed by atoms with Crippen LogP contribution >= 0.6 is 0 Å². The average molecular weight is 520 g/mol. The lowest BCUT2D eigenvalue weighted by molar-refractivity contribution is 0.0337. The average Bonchev–Trinajstić information content (AvgIpc) is 3.37. The molecule has 2 aromatic carbocycles. The van der Waals surface area contributed by atoms with E-state index in [1.165, 1.54) is 16.8 Å². The van der Waals surface area contributed by atoms with Gasteiger partial charge in [-0.2, -0.15) is 0 Å². The van der Waals surface area contributed by atoms with Crippen LogP contribution in [-0.2, 0) is 17.9 Å². The second-order valence-corrected chi connectivity index (χ2v) is 10.0. The standard InChI is InChI=1S/C28H35N5O2.C2H6.CH4/c1-21(2)31-9-11-32(12-10-31)25-6-3-22(4-7-25)23-5-8-26-27(17-23)35-20-28-29-24(19-33(26)28)18-30-13-15-34-16-14-30;1-2;/h3-8,17,19,21H,9-16,18,20H2,1-2H3;1-2H3;1H4. The minimum Gasteiger partial charge on any atom is -0.483 e. The molecule has 6 rings (SSSR count). The monoisotopic (exact) mass is 519 g/mol. The van der Waals surface area contributed by atoms with E-state index < -0.39 is 0 Å². The Morgan fingerprint density at radius 3 is 2.24 bits per heavy atom. The van der Waals surface area contributed by atoms with Gasteiger partial charge in [0.25, 0.3) is 0 Å². The van der Waals surface area contributed by atoms with E-state index in [0.29, 0.717) is 12.6 Å². The summed E-state index contributed by atoms with van der Waals surface area (Å²) in [5, 5.41) is 0. The third-order valence-electron chi connectivity index (χ3n) is 7.50. The van der Waals surface area contributed by atoms with Gasteiger partial charge in [0, 0.05) is 63.7 Å². The molecule has 2 saturated heterocycles. The highest BCUT2D eigenvalue weighted by molar-refractivity contribution is 5.70. The fraction of sp³-hybridized carbons (Fsp3) is 0.516. The lowest BCUT2D eigenvalue weighted by atomic mass is 10.0. The van der Waals surface area contributed by atoms with Gasteiger partial charge in [-0.05, 0) is 49.2 Å². The first kappa shape index (κ1) is 28.1. The zero-order chi connectivity index (χ0) is 25.8. The Bertz CT molecular complexity index is 1160. The van der Waals surface area contributed by atoms with Crippen LogP contribution in [0.5, 0.6) is 5.75 Å². The molecule has 0 amide bonds. The number of hydrogen-bond donors (Lipinski definition) is 0. The van der Waals surface area contributed by atoms with Crippen molar-refractivity contribution in [1.29, 1.82) is 0 Å². The molecule has 7 heteroatoms. The van der Waals surface area contributed by atoms with Crippen molar-refractivity contribution in [3.05, 3.63) is 60.2 Å². The van der Waals surface area contributed by atoms with Gasteiger partial charge in [-0.3, -0.25) is 14.4 Å². The van der Waals surface area contributed by atoms with Crippen LogP contribution in [-0.4, -0.2) is 77.9 Å². The van der Waals surface area contributed by atoms with Gasteiger partial charge in [-0.15, -0.1) is 0 Å². The first-order valence-electron chi connectivity index (χ1n) is 13.9. The molecule has 206 valence electrons. The molecule has 3 aromatic rings.